The van der Waals surface area contributed by atoms with Gasteiger partial charge in [-0.05, 0) is 29.9 Å². The first-order chi connectivity index (χ1) is 7.31. The lowest BCUT2D eigenvalue weighted by Crippen LogP contribution is -1.92. The number of H-pyrrole nitrogens is 1. The van der Waals surface area contributed by atoms with E-state index in [2.05, 4.69) is 16.3 Å². The molecule has 1 heterocycles. The van der Waals surface area contributed by atoms with Gasteiger partial charge in [-0.2, -0.15) is 10.4 Å². The average molecular weight is 216 g/mol. The van der Waals surface area contributed by atoms with Crippen molar-refractivity contribution in [2.24, 2.45) is 0 Å². The predicted molar refractivity (Wildman–Crippen MR) is 58.1 cm³/mol. The Balaban J connectivity index is 2.37. The van der Waals surface area contributed by atoms with Crippen LogP contribution >= 0.6 is 12.2 Å². The number of rotatable bonds is 2. The van der Waals surface area contributed by atoms with Gasteiger partial charge in [0.2, 0.25) is 0 Å². The van der Waals surface area contributed by atoms with Crippen LogP contribution in [0.5, 0.6) is 0 Å². The van der Waals surface area contributed by atoms with Crippen molar-refractivity contribution >= 4 is 12.2 Å². The van der Waals surface area contributed by atoms with E-state index in [0.717, 1.165) is 11.3 Å². The molecule has 0 amide bonds. The van der Waals surface area contributed by atoms with Gasteiger partial charge in [0.15, 0.2) is 4.77 Å². The molecule has 2 aromatic rings. The number of hydrogen-bond acceptors (Lipinski definition) is 3. The summed E-state index contributed by atoms with van der Waals surface area (Å²) in [6, 6.07) is 9.75. The molecule has 1 N–H and O–H groups in total. The zero-order valence-corrected chi connectivity index (χ0v) is 8.66. The fourth-order valence-electron chi connectivity index (χ4n) is 1.30. The molecule has 0 unspecified atom stereocenters. The second kappa shape index (κ2) is 4.07. The van der Waals surface area contributed by atoms with Gasteiger partial charge in [0.25, 0.3) is 0 Å². The Bertz CT molecular complexity index is 544. The molecule has 0 saturated carbocycles. The Morgan fingerprint density at radius 1 is 1.40 bits per heavy atom. The van der Waals surface area contributed by atoms with Crippen molar-refractivity contribution in [2.45, 2.75) is 6.42 Å². The van der Waals surface area contributed by atoms with E-state index >= 15 is 0 Å². The summed E-state index contributed by atoms with van der Waals surface area (Å²) in [5, 5.41) is 15.1. The molecule has 0 fully saturated rings. The molecule has 0 aliphatic heterocycles. The van der Waals surface area contributed by atoms with Gasteiger partial charge in [-0.15, -0.1) is 0 Å². The Hall–Kier alpha value is -1.93. The zero-order valence-electron chi connectivity index (χ0n) is 7.84. The molecule has 0 aliphatic rings. The highest BCUT2D eigenvalue weighted by Crippen LogP contribution is 2.09. The van der Waals surface area contributed by atoms with Crippen molar-refractivity contribution in [2.75, 3.05) is 0 Å². The summed E-state index contributed by atoms with van der Waals surface area (Å²) in [5.41, 5.74) is 1.94. The molecule has 1 aromatic carbocycles. The third-order valence-electron chi connectivity index (χ3n) is 2.05. The van der Waals surface area contributed by atoms with Crippen LogP contribution in [-0.2, 0) is 6.42 Å². The molecule has 0 bridgehead atoms. The minimum absolute atomic E-state index is 0.428. The highest BCUT2D eigenvalue weighted by atomic mass is 32.1. The third-order valence-corrected chi connectivity index (χ3v) is 2.34. The summed E-state index contributed by atoms with van der Waals surface area (Å²) in [5.74, 6) is 0. The number of benzene rings is 1. The standard InChI is InChI=1S/C10H8N4S/c11-6-5-8-1-3-9(4-2-8)14-7-12-13-10(14)15/h1-4,7H,5H2,(H,13,15). The lowest BCUT2D eigenvalue weighted by atomic mass is 10.1. The van der Waals surface area contributed by atoms with E-state index in [-0.39, 0.29) is 0 Å². The van der Waals surface area contributed by atoms with Crippen molar-refractivity contribution in [1.82, 2.24) is 14.8 Å². The second-order valence-corrected chi connectivity index (χ2v) is 3.42. The summed E-state index contributed by atoms with van der Waals surface area (Å²) < 4.78 is 2.33. The summed E-state index contributed by atoms with van der Waals surface area (Å²) in [4.78, 5) is 0. The van der Waals surface area contributed by atoms with E-state index in [0.29, 0.717) is 11.2 Å². The number of aromatic amines is 1. The van der Waals surface area contributed by atoms with Gasteiger partial charge in [0.1, 0.15) is 6.33 Å². The van der Waals surface area contributed by atoms with Crippen molar-refractivity contribution in [3.63, 3.8) is 0 Å². The lowest BCUT2D eigenvalue weighted by molar-refractivity contribution is 1.03. The molecular formula is C10H8N4S. The van der Waals surface area contributed by atoms with Crippen LogP contribution in [0.4, 0.5) is 0 Å². The smallest absolute Gasteiger partial charge is 0.199 e. The second-order valence-electron chi connectivity index (χ2n) is 3.03. The SMILES string of the molecule is N#CCc1ccc(-n2cn[nH]c2=S)cc1. The average Bonchev–Trinajstić information content (AvgIpc) is 2.66. The zero-order chi connectivity index (χ0) is 10.7. The molecule has 74 valence electrons. The van der Waals surface area contributed by atoms with Gasteiger partial charge in [-0.3, -0.25) is 9.67 Å². The quantitative estimate of drug-likeness (QED) is 0.781. The van der Waals surface area contributed by atoms with Gasteiger partial charge in [0, 0.05) is 5.69 Å². The maximum absolute atomic E-state index is 8.53. The third kappa shape index (κ3) is 1.95. The van der Waals surface area contributed by atoms with Crippen LogP contribution in [0.2, 0.25) is 0 Å². The largest absolute Gasteiger partial charge is 0.275 e. The number of aromatic nitrogens is 3. The van der Waals surface area contributed by atoms with Crippen molar-refractivity contribution in [1.29, 1.82) is 5.26 Å². The van der Waals surface area contributed by atoms with Gasteiger partial charge in [-0.25, -0.2) is 0 Å². The van der Waals surface area contributed by atoms with Gasteiger partial charge < -0.3 is 0 Å². The molecular weight excluding hydrogens is 208 g/mol. The molecule has 0 spiro atoms. The van der Waals surface area contributed by atoms with Crippen LogP contribution in [0.3, 0.4) is 0 Å². The lowest BCUT2D eigenvalue weighted by Gasteiger charge is -2.01. The van der Waals surface area contributed by atoms with Crippen LogP contribution in [0, 0.1) is 16.1 Å². The normalized spacial score (nSPS) is 9.80. The monoisotopic (exact) mass is 216 g/mol. The maximum atomic E-state index is 8.53. The Kier molecular flexibility index (Phi) is 2.61. The van der Waals surface area contributed by atoms with E-state index in [1.165, 1.54) is 0 Å². The van der Waals surface area contributed by atoms with E-state index in [9.17, 15) is 0 Å². The molecule has 5 heteroatoms. The minimum atomic E-state index is 0.428. The molecule has 4 nitrogen and oxygen atoms in total. The van der Waals surface area contributed by atoms with Crippen LogP contribution in [0.1, 0.15) is 5.56 Å². The Labute approximate surface area is 91.8 Å². The van der Waals surface area contributed by atoms with Crippen LogP contribution in [-0.4, -0.2) is 14.8 Å². The number of hydrogen-bond donors (Lipinski definition) is 1. The summed E-state index contributed by atoms with van der Waals surface area (Å²) in [7, 11) is 0. The first-order valence-electron chi connectivity index (χ1n) is 4.39. The van der Waals surface area contributed by atoms with Gasteiger partial charge in [0.05, 0.1) is 12.5 Å². The molecule has 0 atom stereocenters. The fourth-order valence-corrected chi connectivity index (χ4v) is 1.50. The molecule has 1 aromatic heterocycles. The van der Waals surface area contributed by atoms with E-state index in [1.807, 2.05) is 24.3 Å². The first kappa shape index (κ1) is 9.62. The van der Waals surface area contributed by atoms with Crippen LogP contribution < -0.4 is 0 Å². The van der Waals surface area contributed by atoms with E-state index in [4.69, 9.17) is 17.5 Å². The first-order valence-corrected chi connectivity index (χ1v) is 4.80. The Morgan fingerprint density at radius 2 is 2.13 bits per heavy atom. The topological polar surface area (TPSA) is 57.4 Å². The highest BCUT2D eigenvalue weighted by Gasteiger charge is 1.98. The number of nitrogens with zero attached hydrogens (tertiary/aromatic N) is 3. The fraction of sp³-hybridized carbons (Fsp3) is 0.100. The van der Waals surface area contributed by atoms with Crippen LogP contribution in [0.15, 0.2) is 30.6 Å². The number of nitrogens with one attached hydrogen (secondary N) is 1. The molecule has 0 radical (unpaired) electrons. The van der Waals surface area contributed by atoms with Crippen molar-refractivity contribution < 1.29 is 0 Å². The van der Waals surface area contributed by atoms with E-state index in [1.54, 1.807) is 10.9 Å². The summed E-state index contributed by atoms with van der Waals surface area (Å²) in [6.45, 7) is 0. The molecule has 15 heavy (non-hydrogen) atoms. The van der Waals surface area contributed by atoms with Crippen LogP contribution in [0.25, 0.3) is 5.69 Å². The Morgan fingerprint density at radius 3 is 2.67 bits per heavy atom. The van der Waals surface area contributed by atoms with Crippen molar-refractivity contribution in [3.05, 3.63) is 40.9 Å². The highest BCUT2D eigenvalue weighted by molar-refractivity contribution is 7.71. The number of nitriles is 1. The minimum Gasteiger partial charge on any atom is -0.275 e. The molecule has 2 rings (SSSR count). The van der Waals surface area contributed by atoms with Gasteiger partial charge in [-0.1, -0.05) is 12.1 Å². The summed E-state index contributed by atoms with van der Waals surface area (Å²) >= 11 is 5.04. The predicted octanol–water partition coefficient (Wildman–Crippen LogP) is 2.00. The van der Waals surface area contributed by atoms with E-state index < -0.39 is 0 Å². The molecule has 0 saturated heterocycles. The van der Waals surface area contributed by atoms with Gasteiger partial charge >= 0.3 is 0 Å². The summed E-state index contributed by atoms with van der Waals surface area (Å²) in [6.07, 6.45) is 2.05. The van der Waals surface area contributed by atoms with Crippen molar-refractivity contribution in [3.8, 4) is 11.8 Å². The maximum Gasteiger partial charge on any atom is 0.199 e. The molecule has 0 aliphatic carbocycles.